The van der Waals surface area contributed by atoms with Gasteiger partial charge in [-0.15, -0.1) is 13.2 Å². The van der Waals surface area contributed by atoms with Crippen LogP contribution in [0.4, 0.5) is 13.2 Å². The van der Waals surface area contributed by atoms with Gasteiger partial charge in [0.1, 0.15) is 5.75 Å². The average molecular weight is 291 g/mol. The molecule has 0 aliphatic rings. The Hall–Kier alpha value is -2.48. The van der Waals surface area contributed by atoms with E-state index < -0.39 is 6.36 Å². The molecule has 5 heteroatoms. The summed E-state index contributed by atoms with van der Waals surface area (Å²) < 4.78 is 40.1. The molecule has 0 bridgehead atoms. The van der Waals surface area contributed by atoms with Crippen LogP contribution >= 0.6 is 0 Å². The molecule has 0 unspecified atom stereocenters. The number of alkyl halides is 3. The fourth-order valence-corrected chi connectivity index (χ4v) is 2.01. The standard InChI is InChI=1S/C16H12F3NO/c1-11-10-14(3-2-12(11)8-9-20)13-4-6-15(7-5-13)21-16(17,18)19/h2-7,10H,8H2,1H3. The number of nitriles is 1. The lowest BCUT2D eigenvalue weighted by Crippen LogP contribution is -2.16. The van der Waals surface area contributed by atoms with Crippen molar-refractivity contribution < 1.29 is 17.9 Å². The van der Waals surface area contributed by atoms with Crippen LogP contribution in [0.15, 0.2) is 42.5 Å². The summed E-state index contributed by atoms with van der Waals surface area (Å²) in [5.74, 6) is -0.246. The van der Waals surface area contributed by atoms with Gasteiger partial charge in [-0.3, -0.25) is 0 Å². The minimum atomic E-state index is -4.68. The zero-order chi connectivity index (χ0) is 15.5. The van der Waals surface area contributed by atoms with E-state index in [-0.39, 0.29) is 5.75 Å². The highest BCUT2D eigenvalue weighted by Crippen LogP contribution is 2.27. The number of aryl methyl sites for hydroxylation is 1. The summed E-state index contributed by atoms with van der Waals surface area (Å²) in [5, 5.41) is 8.70. The highest BCUT2D eigenvalue weighted by atomic mass is 19.4. The Morgan fingerprint density at radius 2 is 1.67 bits per heavy atom. The quantitative estimate of drug-likeness (QED) is 0.826. The van der Waals surface area contributed by atoms with Gasteiger partial charge in [0.2, 0.25) is 0 Å². The zero-order valence-corrected chi connectivity index (χ0v) is 11.2. The molecule has 2 rings (SSSR count). The van der Waals surface area contributed by atoms with Crippen molar-refractivity contribution in [3.05, 3.63) is 53.6 Å². The summed E-state index contributed by atoms with van der Waals surface area (Å²) in [7, 11) is 0. The Kier molecular flexibility index (Phi) is 4.18. The van der Waals surface area contributed by atoms with E-state index in [1.165, 1.54) is 12.1 Å². The third-order valence-corrected chi connectivity index (χ3v) is 3.03. The molecule has 2 aromatic rings. The lowest BCUT2D eigenvalue weighted by Gasteiger charge is -2.10. The first-order chi connectivity index (χ1) is 9.89. The molecule has 2 nitrogen and oxygen atoms in total. The molecule has 108 valence electrons. The van der Waals surface area contributed by atoms with E-state index in [1.54, 1.807) is 12.1 Å². The van der Waals surface area contributed by atoms with Gasteiger partial charge in [0.25, 0.3) is 0 Å². The Morgan fingerprint density at radius 1 is 1.05 bits per heavy atom. The first kappa shape index (κ1) is 14.9. The predicted molar refractivity (Wildman–Crippen MR) is 72.6 cm³/mol. The second-order valence-corrected chi connectivity index (χ2v) is 4.55. The first-order valence-corrected chi connectivity index (χ1v) is 6.22. The topological polar surface area (TPSA) is 33.0 Å². The second kappa shape index (κ2) is 5.88. The van der Waals surface area contributed by atoms with E-state index in [2.05, 4.69) is 10.8 Å². The lowest BCUT2D eigenvalue weighted by atomic mass is 9.99. The number of hydrogen-bond donors (Lipinski definition) is 0. The summed E-state index contributed by atoms with van der Waals surface area (Å²) in [6, 6.07) is 13.4. The highest BCUT2D eigenvalue weighted by Gasteiger charge is 2.30. The molecule has 0 fully saturated rings. The molecule has 0 heterocycles. The van der Waals surface area contributed by atoms with Crippen LogP contribution in [0, 0.1) is 18.3 Å². The van der Waals surface area contributed by atoms with E-state index >= 15 is 0 Å². The van der Waals surface area contributed by atoms with Gasteiger partial charge in [-0.05, 0) is 41.3 Å². The molecule has 0 spiro atoms. The largest absolute Gasteiger partial charge is 0.573 e. The van der Waals surface area contributed by atoms with Crippen LogP contribution < -0.4 is 4.74 Å². The van der Waals surface area contributed by atoms with Gasteiger partial charge >= 0.3 is 6.36 Å². The number of ether oxygens (including phenoxy) is 1. The van der Waals surface area contributed by atoms with Gasteiger partial charge in [-0.1, -0.05) is 30.3 Å². The monoisotopic (exact) mass is 291 g/mol. The fraction of sp³-hybridized carbons (Fsp3) is 0.188. The Morgan fingerprint density at radius 3 is 2.19 bits per heavy atom. The van der Waals surface area contributed by atoms with Crippen LogP contribution in [0.25, 0.3) is 11.1 Å². The fourth-order valence-electron chi connectivity index (χ4n) is 2.01. The van der Waals surface area contributed by atoms with Crippen molar-refractivity contribution in [1.82, 2.24) is 0 Å². The molecule has 21 heavy (non-hydrogen) atoms. The molecule has 0 aromatic heterocycles. The van der Waals surface area contributed by atoms with E-state index in [0.717, 1.165) is 22.3 Å². The van der Waals surface area contributed by atoms with E-state index in [4.69, 9.17) is 5.26 Å². The Labute approximate surface area is 120 Å². The van der Waals surface area contributed by atoms with Crippen molar-refractivity contribution in [3.63, 3.8) is 0 Å². The van der Waals surface area contributed by atoms with Crippen LogP contribution in [-0.4, -0.2) is 6.36 Å². The normalized spacial score (nSPS) is 11.0. The number of nitrogens with zero attached hydrogens (tertiary/aromatic N) is 1. The SMILES string of the molecule is Cc1cc(-c2ccc(OC(F)(F)F)cc2)ccc1CC#N. The molecule has 0 radical (unpaired) electrons. The van der Waals surface area contributed by atoms with Gasteiger partial charge in [0.15, 0.2) is 0 Å². The third-order valence-electron chi connectivity index (χ3n) is 3.03. The van der Waals surface area contributed by atoms with E-state index in [1.807, 2.05) is 25.1 Å². The van der Waals surface area contributed by atoms with Gasteiger partial charge in [0.05, 0.1) is 12.5 Å². The molecule has 0 aliphatic carbocycles. The number of halogens is 3. The van der Waals surface area contributed by atoms with Crippen LogP contribution in [0.5, 0.6) is 5.75 Å². The van der Waals surface area contributed by atoms with Gasteiger partial charge in [0, 0.05) is 0 Å². The van der Waals surface area contributed by atoms with E-state index in [9.17, 15) is 13.2 Å². The third kappa shape index (κ3) is 3.99. The second-order valence-electron chi connectivity index (χ2n) is 4.55. The highest BCUT2D eigenvalue weighted by molar-refractivity contribution is 5.65. The van der Waals surface area contributed by atoms with Crippen LogP contribution in [0.1, 0.15) is 11.1 Å². The molecule has 0 N–H and O–H groups in total. The Balaban J connectivity index is 2.23. The predicted octanol–water partition coefficient (Wildman–Crippen LogP) is 4.63. The number of benzene rings is 2. The summed E-state index contributed by atoms with van der Waals surface area (Å²) in [6.07, 6.45) is -4.35. The van der Waals surface area contributed by atoms with Crippen LogP contribution in [-0.2, 0) is 6.42 Å². The van der Waals surface area contributed by atoms with Gasteiger partial charge < -0.3 is 4.74 Å². The number of hydrogen-bond acceptors (Lipinski definition) is 2. The van der Waals surface area contributed by atoms with Crippen molar-refractivity contribution in [2.24, 2.45) is 0 Å². The molecule has 0 atom stereocenters. The first-order valence-electron chi connectivity index (χ1n) is 6.22. The molecule has 0 aliphatic heterocycles. The maximum atomic E-state index is 12.1. The molecule has 0 saturated heterocycles. The Bertz CT molecular complexity index is 669. The van der Waals surface area contributed by atoms with Crippen molar-refractivity contribution in [1.29, 1.82) is 5.26 Å². The summed E-state index contributed by atoms with van der Waals surface area (Å²) in [4.78, 5) is 0. The van der Waals surface area contributed by atoms with Gasteiger partial charge in [-0.2, -0.15) is 5.26 Å². The molecular weight excluding hydrogens is 279 g/mol. The average Bonchev–Trinajstić information content (AvgIpc) is 2.40. The lowest BCUT2D eigenvalue weighted by molar-refractivity contribution is -0.274. The smallest absolute Gasteiger partial charge is 0.406 e. The maximum Gasteiger partial charge on any atom is 0.573 e. The van der Waals surface area contributed by atoms with E-state index in [0.29, 0.717) is 6.42 Å². The van der Waals surface area contributed by atoms with Crippen LogP contribution in [0.2, 0.25) is 0 Å². The minimum absolute atomic E-state index is 0.246. The maximum absolute atomic E-state index is 12.1. The molecule has 0 amide bonds. The van der Waals surface area contributed by atoms with Crippen molar-refractivity contribution >= 4 is 0 Å². The van der Waals surface area contributed by atoms with Crippen LogP contribution in [0.3, 0.4) is 0 Å². The summed E-state index contributed by atoms with van der Waals surface area (Å²) in [5.41, 5.74) is 3.59. The number of rotatable bonds is 3. The molecule has 2 aromatic carbocycles. The van der Waals surface area contributed by atoms with Crippen molar-refractivity contribution in [2.75, 3.05) is 0 Å². The van der Waals surface area contributed by atoms with Gasteiger partial charge in [-0.25, -0.2) is 0 Å². The molecule has 0 saturated carbocycles. The molecular formula is C16H12F3NO. The minimum Gasteiger partial charge on any atom is -0.406 e. The van der Waals surface area contributed by atoms with Crippen molar-refractivity contribution in [3.8, 4) is 22.9 Å². The zero-order valence-electron chi connectivity index (χ0n) is 11.2. The summed E-state index contributed by atoms with van der Waals surface area (Å²) >= 11 is 0. The summed E-state index contributed by atoms with van der Waals surface area (Å²) in [6.45, 7) is 1.90. The van der Waals surface area contributed by atoms with Crippen molar-refractivity contribution in [2.45, 2.75) is 19.7 Å².